The minimum atomic E-state index is -1.97. The van der Waals surface area contributed by atoms with Crippen LogP contribution in [0.4, 0.5) is 0 Å². The van der Waals surface area contributed by atoms with Crippen LogP contribution in [0.25, 0.3) is 0 Å². The number of piperidine rings is 1. The summed E-state index contributed by atoms with van der Waals surface area (Å²) in [5, 5.41) is 10.5. The highest BCUT2D eigenvalue weighted by atomic mass is 32.2. The van der Waals surface area contributed by atoms with E-state index in [1.807, 2.05) is 6.07 Å². The van der Waals surface area contributed by atoms with E-state index in [2.05, 4.69) is 34.7 Å². The van der Waals surface area contributed by atoms with Crippen LogP contribution < -0.4 is 4.72 Å². The topological polar surface area (TPSA) is 72.8 Å². The summed E-state index contributed by atoms with van der Waals surface area (Å²) >= 11 is -1.97. The zero-order valence-electron chi connectivity index (χ0n) is 16.8. The molecular weight excluding hydrogens is 372 g/mol. The molecule has 28 heavy (non-hydrogen) atoms. The van der Waals surface area contributed by atoms with Gasteiger partial charge in [-0.1, -0.05) is 50.5 Å². The van der Waals surface area contributed by atoms with Crippen LogP contribution in [-0.4, -0.2) is 44.5 Å². The number of nitrogens with zero attached hydrogens (tertiary/aromatic N) is 1. The molecule has 2 aliphatic carbocycles. The number of hydrogen-bond acceptors (Lipinski definition) is 3. The fourth-order valence-corrected chi connectivity index (χ4v) is 6.09. The van der Waals surface area contributed by atoms with E-state index in [-0.39, 0.29) is 11.5 Å². The van der Waals surface area contributed by atoms with E-state index in [9.17, 15) is 9.32 Å². The van der Waals surface area contributed by atoms with Gasteiger partial charge in [-0.15, -0.1) is 0 Å². The van der Waals surface area contributed by atoms with E-state index < -0.39 is 11.3 Å². The van der Waals surface area contributed by atoms with Crippen molar-refractivity contribution in [2.45, 2.75) is 63.5 Å². The fourth-order valence-electron chi connectivity index (χ4n) is 5.80. The Balaban J connectivity index is 1.28. The summed E-state index contributed by atoms with van der Waals surface area (Å²) in [6.07, 6.45) is 7.13. The van der Waals surface area contributed by atoms with Crippen LogP contribution >= 0.6 is 0 Å². The quantitative estimate of drug-likeness (QED) is 0.580. The Labute approximate surface area is 171 Å². The first-order valence-electron chi connectivity index (χ1n) is 10.8. The maximum absolute atomic E-state index is 10.8. The Hall–Kier alpha value is -0.790. The van der Waals surface area contributed by atoms with E-state index >= 15 is 0 Å². The third-order valence-electron chi connectivity index (χ3n) is 7.71. The molecule has 0 bridgehead atoms. The normalized spacial score (nSPS) is 32.8. The average molecular weight is 407 g/mol. The number of nitrogens with one attached hydrogen (secondary N) is 1. The second-order valence-corrected chi connectivity index (χ2v) is 10.1. The molecule has 1 saturated heterocycles. The molecule has 1 aromatic carbocycles. The van der Waals surface area contributed by atoms with Crippen molar-refractivity contribution in [1.29, 1.82) is 0 Å². The Morgan fingerprint density at radius 1 is 1.25 bits per heavy atom. The zero-order chi connectivity index (χ0) is 19.7. The van der Waals surface area contributed by atoms with Gasteiger partial charge in [0.2, 0.25) is 11.3 Å². The van der Waals surface area contributed by atoms with Crippen LogP contribution in [0.1, 0.15) is 56.6 Å². The molecular formula is C22H34N2O3S. The lowest BCUT2D eigenvalue weighted by Gasteiger charge is -2.29. The first-order chi connectivity index (χ1) is 13.5. The summed E-state index contributed by atoms with van der Waals surface area (Å²) in [4.78, 5) is 2.55. The number of likely N-dealkylation sites (tertiary alicyclic amines) is 1. The van der Waals surface area contributed by atoms with Gasteiger partial charge in [-0.2, -0.15) is 0 Å². The van der Waals surface area contributed by atoms with E-state index in [1.54, 1.807) is 0 Å². The number of aliphatic hydroxyl groups excluding tert-OH is 1. The number of fused-ring (bicyclic) bond motifs is 1. The summed E-state index contributed by atoms with van der Waals surface area (Å²) in [5.74, 6) is 1.91. The molecule has 1 aromatic rings. The minimum absolute atomic E-state index is 0.120. The van der Waals surface area contributed by atoms with E-state index in [1.165, 1.54) is 37.7 Å². The van der Waals surface area contributed by atoms with Gasteiger partial charge in [-0.25, -0.2) is 8.93 Å². The molecule has 3 N–H and O–H groups in total. The molecule has 3 fully saturated rings. The van der Waals surface area contributed by atoms with Crippen LogP contribution in [0, 0.1) is 17.8 Å². The van der Waals surface area contributed by atoms with Crippen LogP contribution in [0.5, 0.6) is 0 Å². The fraction of sp³-hybridized carbons (Fsp3) is 0.727. The molecule has 0 radical (unpaired) electrons. The lowest BCUT2D eigenvalue weighted by Crippen LogP contribution is -2.33. The largest absolute Gasteiger partial charge is 0.393 e. The van der Waals surface area contributed by atoms with Gasteiger partial charge in [0.15, 0.2) is 0 Å². The van der Waals surface area contributed by atoms with Crippen molar-refractivity contribution >= 4 is 11.3 Å². The SMILES string of the molecule is CC1(c2cccc(CNS(=O)O)c2)C2CN(CCC(O)C3CCCCC3)CC21. The second-order valence-electron chi connectivity index (χ2n) is 9.28. The monoisotopic (exact) mass is 406 g/mol. The summed E-state index contributed by atoms with van der Waals surface area (Å²) in [6.45, 7) is 6.05. The van der Waals surface area contributed by atoms with E-state index in [4.69, 9.17) is 4.55 Å². The first kappa shape index (κ1) is 20.5. The molecule has 156 valence electrons. The summed E-state index contributed by atoms with van der Waals surface area (Å²) in [7, 11) is 0. The lowest BCUT2D eigenvalue weighted by molar-refractivity contribution is 0.0666. The van der Waals surface area contributed by atoms with Gasteiger partial charge in [-0.3, -0.25) is 4.55 Å². The number of rotatable bonds is 8. The predicted molar refractivity (Wildman–Crippen MR) is 112 cm³/mol. The lowest BCUT2D eigenvalue weighted by atomic mass is 9.84. The molecule has 0 aromatic heterocycles. The molecule has 0 spiro atoms. The smallest absolute Gasteiger partial charge is 0.232 e. The van der Waals surface area contributed by atoms with E-state index in [0.29, 0.717) is 24.3 Å². The molecule has 5 nitrogen and oxygen atoms in total. The molecule has 0 amide bonds. The highest BCUT2D eigenvalue weighted by Crippen LogP contribution is 2.63. The van der Waals surface area contributed by atoms with Crippen molar-refractivity contribution in [3.63, 3.8) is 0 Å². The van der Waals surface area contributed by atoms with Gasteiger partial charge in [0, 0.05) is 31.6 Å². The highest BCUT2D eigenvalue weighted by molar-refractivity contribution is 7.77. The molecule has 1 heterocycles. The van der Waals surface area contributed by atoms with Crippen LogP contribution in [0.3, 0.4) is 0 Å². The highest BCUT2D eigenvalue weighted by Gasteiger charge is 2.65. The predicted octanol–water partition coefficient (Wildman–Crippen LogP) is 3.06. The molecule has 4 unspecified atom stereocenters. The molecule has 2 saturated carbocycles. The van der Waals surface area contributed by atoms with Gasteiger partial charge in [0.25, 0.3) is 0 Å². The van der Waals surface area contributed by atoms with Crippen molar-refractivity contribution in [2.24, 2.45) is 17.8 Å². The maximum atomic E-state index is 10.8. The molecule has 1 aliphatic heterocycles. The molecule has 6 heteroatoms. The Kier molecular flexibility index (Phi) is 6.23. The number of aliphatic hydroxyl groups is 1. The number of hydrogen-bond donors (Lipinski definition) is 3. The first-order valence-corrected chi connectivity index (χ1v) is 11.9. The molecule has 3 aliphatic rings. The van der Waals surface area contributed by atoms with E-state index in [0.717, 1.165) is 31.6 Å². The van der Waals surface area contributed by atoms with Crippen molar-refractivity contribution in [2.75, 3.05) is 19.6 Å². The Morgan fingerprint density at radius 2 is 1.96 bits per heavy atom. The number of benzene rings is 1. The second kappa shape index (κ2) is 8.52. The van der Waals surface area contributed by atoms with Gasteiger partial charge < -0.3 is 10.0 Å². The van der Waals surface area contributed by atoms with Crippen LogP contribution in [0.2, 0.25) is 0 Å². The zero-order valence-corrected chi connectivity index (χ0v) is 17.7. The molecule has 4 atom stereocenters. The summed E-state index contributed by atoms with van der Waals surface area (Å²) in [6, 6.07) is 8.46. The maximum Gasteiger partial charge on any atom is 0.232 e. The third kappa shape index (κ3) is 4.21. The van der Waals surface area contributed by atoms with Crippen molar-refractivity contribution in [3.8, 4) is 0 Å². The third-order valence-corrected chi connectivity index (χ3v) is 8.10. The van der Waals surface area contributed by atoms with Gasteiger partial charge in [-0.05, 0) is 48.1 Å². The van der Waals surface area contributed by atoms with Crippen molar-refractivity contribution < 1.29 is 13.9 Å². The summed E-state index contributed by atoms with van der Waals surface area (Å²) in [5.41, 5.74) is 2.64. The van der Waals surface area contributed by atoms with Crippen molar-refractivity contribution in [1.82, 2.24) is 9.62 Å². The standard InChI is InChI=1S/C22H34N2O3S/c1-22(18-9-5-6-16(12-18)13-23-28(26)27)19-14-24(15-20(19)22)11-10-21(25)17-7-3-2-4-8-17/h5-6,9,12,17,19-21,23,25H,2-4,7-8,10-11,13-15H2,1H3,(H,26,27). The van der Waals surface area contributed by atoms with Gasteiger partial charge >= 0.3 is 0 Å². The van der Waals surface area contributed by atoms with Crippen molar-refractivity contribution in [3.05, 3.63) is 35.4 Å². The van der Waals surface area contributed by atoms with Gasteiger partial charge in [0.05, 0.1) is 6.10 Å². The molecule has 4 rings (SSSR count). The van der Waals surface area contributed by atoms with Crippen LogP contribution in [-0.2, 0) is 23.2 Å². The Bertz CT molecular complexity index is 695. The van der Waals surface area contributed by atoms with Gasteiger partial charge in [0.1, 0.15) is 0 Å². The minimum Gasteiger partial charge on any atom is -0.393 e. The Morgan fingerprint density at radius 3 is 2.64 bits per heavy atom. The summed E-state index contributed by atoms with van der Waals surface area (Å²) < 4.78 is 22.3. The van der Waals surface area contributed by atoms with Crippen LogP contribution in [0.15, 0.2) is 24.3 Å². The average Bonchev–Trinajstić information content (AvgIpc) is 3.05.